The summed E-state index contributed by atoms with van der Waals surface area (Å²) in [5, 5.41) is 9.26. The highest BCUT2D eigenvalue weighted by molar-refractivity contribution is 5.82. The van der Waals surface area contributed by atoms with E-state index < -0.39 is 6.04 Å². The van der Waals surface area contributed by atoms with Crippen molar-refractivity contribution in [3.8, 4) is 5.75 Å². The highest BCUT2D eigenvalue weighted by Gasteiger charge is 2.33. The minimum Gasteiger partial charge on any atom is -0.508 e. The van der Waals surface area contributed by atoms with Crippen molar-refractivity contribution >= 4 is 5.91 Å². The molecule has 110 valence electrons. The Morgan fingerprint density at radius 1 is 1.40 bits per heavy atom. The van der Waals surface area contributed by atoms with Crippen molar-refractivity contribution in [3.05, 3.63) is 29.8 Å². The first kappa shape index (κ1) is 14.9. The van der Waals surface area contributed by atoms with E-state index in [1.807, 2.05) is 17.0 Å². The van der Waals surface area contributed by atoms with Gasteiger partial charge in [0.05, 0.1) is 6.04 Å². The first-order valence-electron chi connectivity index (χ1n) is 7.33. The number of hydrogen-bond acceptors (Lipinski definition) is 3. The number of nitrogens with zero attached hydrogens (tertiary/aromatic N) is 1. The summed E-state index contributed by atoms with van der Waals surface area (Å²) < 4.78 is 0. The maximum absolute atomic E-state index is 12.5. The number of nitrogens with two attached hydrogens (primary N) is 1. The van der Waals surface area contributed by atoms with Crippen LogP contribution < -0.4 is 5.73 Å². The number of rotatable bonds is 4. The fourth-order valence-electron chi connectivity index (χ4n) is 2.95. The van der Waals surface area contributed by atoms with Gasteiger partial charge in [0.1, 0.15) is 5.75 Å². The first-order valence-corrected chi connectivity index (χ1v) is 7.33. The molecule has 1 amide bonds. The molecule has 0 radical (unpaired) electrons. The lowest BCUT2D eigenvalue weighted by Crippen LogP contribution is -2.48. The highest BCUT2D eigenvalue weighted by atomic mass is 16.3. The molecule has 4 heteroatoms. The van der Waals surface area contributed by atoms with Crippen LogP contribution in [0.2, 0.25) is 0 Å². The van der Waals surface area contributed by atoms with Crippen LogP contribution in [0.4, 0.5) is 0 Å². The summed E-state index contributed by atoms with van der Waals surface area (Å²) in [6, 6.07) is 6.70. The summed E-state index contributed by atoms with van der Waals surface area (Å²) in [5.41, 5.74) is 7.05. The molecule has 1 aliphatic heterocycles. The van der Waals surface area contributed by atoms with E-state index in [0.717, 1.165) is 24.9 Å². The van der Waals surface area contributed by atoms with Gasteiger partial charge in [0.15, 0.2) is 0 Å². The second-order valence-electron chi connectivity index (χ2n) is 5.96. The molecular weight excluding hydrogens is 252 g/mol. The summed E-state index contributed by atoms with van der Waals surface area (Å²) in [7, 11) is 0. The summed E-state index contributed by atoms with van der Waals surface area (Å²) in [5.74, 6) is 0.754. The molecule has 3 N–H and O–H groups in total. The van der Waals surface area contributed by atoms with Gasteiger partial charge in [-0.1, -0.05) is 26.0 Å². The van der Waals surface area contributed by atoms with Gasteiger partial charge in [-0.2, -0.15) is 0 Å². The van der Waals surface area contributed by atoms with Crippen molar-refractivity contribution in [2.24, 2.45) is 11.7 Å². The maximum Gasteiger partial charge on any atom is 0.240 e. The van der Waals surface area contributed by atoms with Gasteiger partial charge in [-0.3, -0.25) is 4.79 Å². The number of carbonyl (C=O) groups is 1. The van der Waals surface area contributed by atoms with Crippen molar-refractivity contribution in [2.75, 3.05) is 6.54 Å². The van der Waals surface area contributed by atoms with Crippen LogP contribution in [-0.4, -0.2) is 34.5 Å². The fraction of sp³-hybridized carbons (Fsp3) is 0.562. The number of amides is 1. The molecule has 20 heavy (non-hydrogen) atoms. The molecule has 0 aromatic heterocycles. The van der Waals surface area contributed by atoms with Crippen LogP contribution in [0, 0.1) is 5.92 Å². The second kappa shape index (κ2) is 6.27. The molecule has 4 nitrogen and oxygen atoms in total. The molecule has 2 atom stereocenters. The van der Waals surface area contributed by atoms with E-state index in [-0.39, 0.29) is 11.7 Å². The average Bonchev–Trinajstić information content (AvgIpc) is 2.90. The molecule has 1 heterocycles. The van der Waals surface area contributed by atoms with Crippen molar-refractivity contribution in [3.63, 3.8) is 0 Å². The third-order valence-electron chi connectivity index (χ3n) is 4.06. The van der Waals surface area contributed by atoms with Crippen LogP contribution >= 0.6 is 0 Å². The average molecular weight is 276 g/mol. The number of aromatic hydroxyl groups is 1. The van der Waals surface area contributed by atoms with E-state index in [0.29, 0.717) is 18.4 Å². The monoisotopic (exact) mass is 276 g/mol. The van der Waals surface area contributed by atoms with E-state index in [4.69, 9.17) is 5.73 Å². The van der Waals surface area contributed by atoms with E-state index in [1.54, 1.807) is 12.1 Å². The SMILES string of the molecule is CC(C)C1CCCN1C(=O)C(N)Cc1ccc(O)cc1. The smallest absolute Gasteiger partial charge is 0.240 e. The Morgan fingerprint density at radius 2 is 2.05 bits per heavy atom. The van der Waals surface area contributed by atoms with Crippen LogP contribution in [0.5, 0.6) is 5.75 Å². The van der Waals surface area contributed by atoms with Gasteiger partial charge in [-0.15, -0.1) is 0 Å². The topological polar surface area (TPSA) is 66.6 Å². The van der Waals surface area contributed by atoms with Crippen LogP contribution in [0.3, 0.4) is 0 Å². The van der Waals surface area contributed by atoms with E-state index >= 15 is 0 Å². The molecule has 1 saturated heterocycles. The molecule has 1 aromatic rings. The lowest BCUT2D eigenvalue weighted by atomic mass is 10.0. The lowest BCUT2D eigenvalue weighted by Gasteiger charge is -2.30. The van der Waals surface area contributed by atoms with Gasteiger partial charge in [0.2, 0.25) is 5.91 Å². The number of benzene rings is 1. The molecule has 2 rings (SSSR count). The Labute approximate surface area is 120 Å². The van der Waals surface area contributed by atoms with Crippen molar-refractivity contribution in [1.82, 2.24) is 4.90 Å². The Morgan fingerprint density at radius 3 is 2.65 bits per heavy atom. The van der Waals surface area contributed by atoms with E-state index in [2.05, 4.69) is 13.8 Å². The van der Waals surface area contributed by atoms with Crippen LogP contribution in [-0.2, 0) is 11.2 Å². The van der Waals surface area contributed by atoms with Crippen molar-refractivity contribution < 1.29 is 9.90 Å². The predicted octanol–water partition coefficient (Wildman–Crippen LogP) is 1.91. The molecule has 0 spiro atoms. The summed E-state index contributed by atoms with van der Waals surface area (Å²) in [6.07, 6.45) is 2.66. The standard InChI is InChI=1S/C16H24N2O2/c1-11(2)15-4-3-9-18(15)16(20)14(17)10-12-5-7-13(19)8-6-12/h5-8,11,14-15,19H,3-4,9-10,17H2,1-2H3. The third kappa shape index (κ3) is 3.31. The van der Waals surface area contributed by atoms with Crippen LogP contribution in [0.25, 0.3) is 0 Å². The molecule has 1 aliphatic rings. The van der Waals surface area contributed by atoms with Gasteiger partial charge >= 0.3 is 0 Å². The lowest BCUT2D eigenvalue weighted by molar-refractivity contribution is -0.134. The first-order chi connectivity index (χ1) is 9.49. The minimum atomic E-state index is -0.501. The number of carbonyl (C=O) groups excluding carboxylic acids is 1. The Kier molecular flexibility index (Phi) is 4.65. The zero-order valence-electron chi connectivity index (χ0n) is 12.2. The largest absolute Gasteiger partial charge is 0.508 e. The number of hydrogen-bond donors (Lipinski definition) is 2. The molecule has 1 aromatic carbocycles. The minimum absolute atomic E-state index is 0.0503. The third-order valence-corrected chi connectivity index (χ3v) is 4.06. The van der Waals surface area contributed by atoms with Gasteiger partial charge in [-0.25, -0.2) is 0 Å². The molecule has 0 bridgehead atoms. The highest BCUT2D eigenvalue weighted by Crippen LogP contribution is 2.24. The van der Waals surface area contributed by atoms with Gasteiger partial charge in [0, 0.05) is 12.6 Å². The van der Waals surface area contributed by atoms with Crippen molar-refractivity contribution in [1.29, 1.82) is 0 Å². The number of phenolic OH excluding ortho intramolecular Hbond substituents is 1. The molecule has 1 fully saturated rings. The van der Waals surface area contributed by atoms with Crippen LogP contribution in [0.1, 0.15) is 32.3 Å². The zero-order valence-corrected chi connectivity index (χ0v) is 12.2. The quantitative estimate of drug-likeness (QED) is 0.882. The van der Waals surface area contributed by atoms with Crippen LogP contribution in [0.15, 0.2) is 24.3 Å². The molecule has 0 aliphatic carbocycles. The van der Waals surface area contributed by atoms with Gasteiger partial charge in [0.25, 0.3) is 0 Å². The molecule has 0 saturated carbocycles. The normalized spacial score (nSPS) is 20.4. The maximum atomic E-state index is 12.5. The Hall–Kier alpha value is -1.55. The molecular formula is C16H24N2O2. The summed E-state index contributed by atoms with van der Waals surface area (Å²) in [6.45, 7) is 5.13. The second-order valence-corrected chi connectivity index (χ2v) is 5.96. The number of phenols is 1. The van der Waals surface area contributed by atoms with Crippen molar-refractivity contribution in [2.45, 2.75) is 45.2 Å². The van der Waals surface area contributed by atoms with Gasteiger partial charge in [-0.05, 0) is 42.9 Å². The van der Waals surface area contributed by atoms with E-state index in [1.165, 1.54) is 0 Å². The Bertz CT molecular complexity index is 456. The summed E-state index contributed by atoms with van der Waals surface area (Å²) >= 11 is 0. The predicted molar refractivity (Wildman–Crippen MR) is 79.4 cm³/mol. The fourth-order valence-corrected chi connectivity index (χ4v) is 2.95. The van der Waals surface area contributed by atoms with E-state index in [9.17, 15) is 9.90 Å². The summed E-state index contributed by atoms with van der Waals surface area (Å²) in [4.78, 5) is 14.4. The van der Waals surface area contributed by atoms with Gasteiger partial charge < -0.3 is 15.7 Å². The zero-order chi connectivity index (χ0) is 14.7. The molecule has 2 unspecified atom stereocenters. The Balaban J connectivity index is 1.99. The number of likely N-dealkylation sites (tertiary alicyclic amines) is 1.